The largest absolute Gasteiger partial charge is 0.432 e. The molecule has 0 spiro atoms. The molecule has 0 aromatic carbocycles. The summed E-state index contributed by atoms with van der Waals surface area (Å²) in [5.74, 6) is 0. The van der Waals surface area contributed by atoms with Crippen LogP contribution in [0.4, 0.5) is 26.3 Å². The average Bonchev–Trinajstić information content (AvgIpc) is 2.07. The van der Waals surface area contributed by atoms with E-state index in [1.165, 1.54) is 0 Å². The third-order valence-corrected chi connectivity index (χ3v) is 19.3. The maximum absolute atomic E-state index is 12.9. The van der Waals surface area contributed by atoms with Gasteiger partial charge in [0, 0.05) is 0 Å². The van der Waals surface area contributed by atoms with Crippen molar-refractivity contribution >= 4 is 24.3 Å². The molecule has 0 saturated heterocycles. The van der Waals surface area contributed by atoms with E-state index in [1.807, 2.05) is 0 Å². The van der Waals surface area contributed by atoms with E-state index in [9.17, 15) is 36.3 Å². The molecule has 1 unspecified atom stereocenters. The zero-order valence-electron chi connectivity index (χ0n) is 12.7. The summed E-state index contributed by atoms with van der Waals surface area (Å²) in [4.78, 5) is 8.90. The van der Waals surface area contributed by atoms with Crippen molar-refractivity contribution in [2.75, 3.05) is 0 Å². The maximum atomic E-state index is 12.9. The normalized spacial score (nSPS) is 17.3. The fourth-order valence-electron chi connectivity index (χ4n) is 2.64. The molecule has 0 aliphatic carbocycles. The Morgan fingerprint density at radius 2 is 1.00 bits per heavy atom. The highest BCUT2D eigenvalue weighted by Gasteiger charge is 2.76. The summed E-state index contributed by atoms with van der Waals surface area (Å²) in [6, 6.07) is 0. The molecule has 2 N–H and O–H groups in total. The fraction of sp³-hybridized carbons (Fsp3) is 1.00. The number of halogens is 6. The topological polar surface area (TPSA) is 40.5 Å². The molecule has 0 fully saturated rings. The first-order valence-electron chi connectivity index (χ1n) is 6.12. The Morgan fingerprint density at radius 3 is 1.14 bits per heavy atom. The zero-order chi connectivity index (χ0) is 17.7. The second-order valence-electron chi connectivity index (χ2n) is 7.15. The van der Waals surface area contributed by atoms with Crippen LogP contribution in [0.3, 0.4) is 0 Å². The van der Waals surface area contributed by atoms with Crippen molar-refractivity contribution in [3.63, 3.8) is 0 Å². The van der Waals surface area contributed by atoms with Crippen LogP contribution in [0.2, 0.25) is 39.3 Å². The summed E-state index contributed by atoms with van der Waals surface area (Å²) >= 11 is 0. The van der Waals surface area contributed by atoms with Crippen molar-refractivity contribution in [1.82, 2.24) is 0 Å². The van der Waals surface area contributed by atoms with E-state index in [0.717, 1.165) is 0 Å². The molecule has 0 heterocycles. The summed E-state index contributed by atoms with van der Waals surface area (Å²) in [5.41, 5.74) is 0. The predicted octanol–water partition coefficient (Wildman–Crippen LogP) is 4.31. The van der Waals surface area contributed by atoms with Crippen molar-refractivity contribution < 1.29 is 36.3 Å². The Morgan fingerprint density at radius 1 is 0.762 bits per heavy atom. The number of alkyl halides is 6. The highest BCUT2D eigenvalue weighted by atomic mass is 31.1. The van der Waals surface area contributed by atoms with E-state index in [-0.39, 0.29) is 0 Å². The Labute approximate surface area is 123 Å². The Hall–Kier alpha value is 0.364. The second kappa shape index (κ2) is 5.77. The summed E-state index contributed by atoms with van der Waals surface area (Å²) in [5, 5.41) is 4.38. The quantitative estimate of drug-likeness (QED) is 0.437. The first-order chi connectivity index (χ1) is 8.78. The van der Waals surface area contributed by atoms with Gasteiger partial charge in [0.2, 0.25) is 0 Å². The molecule has 0 aliphatic heterocycles. The highest BCUT2D eigenvalue weighted by molar-refractivity contribution is 7.61. The molecular formula is C10H21F6O2PSi2. The van der Waals surface area contributed by atoms with Crippen molar-refractivity contribution in [2.24, 2.45) is 0 Å². The minimum atomic E-state index is -5.97. The lowest BCUT2D eigenvalue weighted by Gasteiger charge is -2.47. The molecule has 11 heteroatoms. The average molecular weight is 374 g/mol. The third kappa shape index (κ3) is 4.22. The van der Waals surface area contributed by atoms with E-state index in [4.69, 9.17) is 0 Å². The van der Waals surface area contributed by atoms with E-state index in [1.54, 1.807) is 39.3 Å². The van der Waals surface area contributed by atoms with Crippen molar-refractivity contribution in [3.8, 4) is 0 Å². The molecule has 0 bridgehead atoms. The van der Waals surface area contributed by atoms with E-state index in [0.29, 0.717) is 0 Å². The van der Waals surface area contributed by atoms with E-state index < -0.39 is 46.9 Å². The first-order valence-corrected chi connectivity index (χ1v) is 14.6. The standard InChI is InChI=1S/C10H21F6O2PSi2/c1-20(2,3)7(21(4,5)6)19(18)8(17,9(11,12)13)10(14,15)16/h7,17-18H,1-6H3. The maximum Gasteiger partial charge on any atom is 0.432 e. The first kappa shape index (κ1) is 21.4. The lowest BCUT2D eigenvalue weighted by Crippen LogP contribution is -2.62. The molecule has 2 nitrogen and oxygen atoms in total. The van der Waals surface area contributed by atoms with Gasteiger partial charge in [-0.3, -0.25) is 0 Å². The number of hydrogen-bond acceptors (Lipinski definition) is 2. The van der Waals surface area contributed by atoms with Crippen LogP contribution in [-0.2, 0) is 0 Å². The van der Waals surface area contributed by atoms with Gasteiger partial charge in [-0.1, -0.05) is 39.3 Å². The Kier molecular flexibility index (Phi) is 5.87. The third-order valence-electron chi connectivity index (χ3n) is 3.01. The number of hydrogen-bond donors (Lipinski definition) is 2. The molecule has 0 radical (unpaired) electrons. The van der Waals surface area contributed by atoms with Crippen LogP contribution < -0.4 is 0 Å². The summed E-state index contributed by atoms with van der Waals surface area (Å²) in [7, 11) is -8.86. The van der Waals surface area contributed by atoms with E-state index >= 15 is 0 Å². The molecule has 0 amide bonds. The van der Waals surface area contributed by atoms with Gasteiger partial charge in [0.05, 0.1) is 24.3 Å². The molecule has 128 valence electrons. The van der Waals surface area contributed by atoms with Crippen LogP contribution in [0.5, 0.6) is 0 Å². The van der Waals surface area contributed by atoms with Gasteiger partial charge < -0.3 is 10.00 Å². The smallest absolute Gasteiger partial charge is 0.370 e. The molecule has 0 saturated carbocycles. The van der Waals surface area contributed by atoms with Crippen molar-refractivity contribution in [1.29, 1.82) is 0 Å². The van der Waals surface area contributed by atoms with Gasteiger partial charge in [-0.15, -0.1) is 0 Å². The SMILES string of the molecule is C[Si](C)(C)C(P(O)C(O)(C(F)(F)F)C(F)(F)F)[Si](C)(C)C. The van der Waals surface area contributed by atoms with Gasteiger partial charge >= 0.3 is 12.4 Å². The van der Waals surface area contributed by atoms with Gasteiger partial charge in [-0.25, -0.2) is 0 Å². The second-order valence-corrected chi connectivity index (χ2v) is 21.2. The Balaban J connectivity index is 6.18. The molecule has 1 atom stereocenters. The van der Waals surface area contributed by atoms with Crippen molar-refractivity contribution in [2.45, 2.75) is 61.9 Å². The lowest BCUT2D eigenvalue weighted by molar-refractivity contribution is -0.331. The van der Waals surface area contributed by atoms with Gasteiger partial charge in [-0.05, 0) is 4.91 Å². The van der Waals surface area contributed by atoms with Gasteiger partial charge in [0.15, 0.2) is 0 Å². The molecule has 21 heavy (non-hydrogen) atoms. The Bertz CT molecular complexity index is 344. The summed E-state index contributed by atoms with van der Waals surface area (Å²) < 4.78 is 77.4. The molecular weight excluding hydrogens is 353 g/mol. The minimum Gasteiger partial charge on any atom is -0.370 e. The number of rotatable bonds is 4. The number of aliphatic hydroxyl groups is 1. The van der Waals surface area contributed by atoms with Gasteiger partial charge in [-0.2, -0.15) is 26.3 Å². The molecule has 0 rings (SSSR count). The van der Waals surface area contributed by atoms with Gasteiger partial charge in [0.25, 0.3) is 5.34 Å². The van der Waals surface area contributed by atoms with Crippen LogP contribution in [0.25, 0.3) is 0 Å². The fourth-order valence-corrected chi connectivity index (χ4v) is 20.9. The van der Waals surface area contributed by atoms with Crippen LogP contribution in [0.1, 0.15) is 0 Å². The summed E-state index contributed by atoms with van der Waals surface area (Å²) in [6.45, 7) is 9.63. The molecule has 0 aliphatic rings. The molecule has 0 aromatic heterocycles. The van der Waals surface area contributed by atoms with Crippen molar-refractivity contribution in [3.05, 3.63) is 0 Å². The van der Waals surface area contributed by atoms with Gasteiger partial charge in [0.1, 0.15) is 0 Å². The van der Waals surface area contributed by atoms with Crippen LogP contribution in [0, 0.1) is 0 Å². The highest BCUT2D eigenvalue weighted by Crippen LogP contribution is 2.65. The van der Waals surface area contributed by atoms with Crippen LogP contribution in [-0.4, -0.2) is 48.7 Å². The molecule has 0 aromatic rings. The minimum absolute atomic E-state index is 1.12. The van der Waals surface area contributed by atoms with Crippen LogP contribution >= 0.6 is 8.15 Å². The van der Waals surface area contributed by atoms with Crippen LogP contribution in [0.15, 0.2) is 0 Å². The lowest BCUT2D eigenvalue weighted by atomic mass is 10.3. The summed E-state index contributed by atoms with van der Waals surface area (Å²) in [6.07, 6.45) is -11.9. The van der Waals surface area contributed by atoms with E-state index in [2.05, 4.69) is 0 Å². The predicted molar refractivity (Wildman–Crippen MR) is 76.7 cm³/mol. The monoisotopic (exact) mass is 374 g/mol. The zero-order valence-corrected chi connectivity index (χ0v) is 15.6.